The molecule has 0 heterocycles. The van der Waals surface area contributed by atoms with Gasteiger partial charge in [0.15, 0.2) is 5.72 Å². The van der Waals surface area contributed by atoms with Crippen LogP contribution in [0.3, 0.4) is 0 Å². The Labute approximate surface area is 118 Å². The summed E-state index contributed by atoms with van der Waals surface area (Å²) in [5.74, 6) is 0.162. The Morgan fingerprint density at radius 2 is 1.79 bits per heavy atom. The van der Waals surface area contributed by atoms with E-state index in [0.717, 1.165) is 6.42 Å². The lowest BCUT2D eigenvalue weighted by atomic mass is 9.94. The molecular formula is C15H32N2O2. The largest absolute Gasteiger partial charge is 0.444 e. The highest BCUT2D eigenvalue weighted by Crippen LogP contribution is 2.18. The molecule has 2 unspecified atom stereocenters. The molecule has 0 aliphatic rings. The molecule has 0 rings (SSSR count). The first-order chi connectivity index (χ1) is 8.60. The smallest absolute Gasteiger partial charge is 0.310 e. The molecule has 0 aromatic carbocycles. The molecule has 4 heteroatoms. The van der Waals surface area contributed by atoms with Crippen LogP contribution in [0.1, 0.15) is 54.9 Å². The maximum Gasteiger partial charge on any atom is 0.310 e. The minimum atomic E-state index is -0.637. The van der Waals surface area contributed by atoms with Gasteiger partial charge in [-0.15, -0.1) is 0 Å². The number of ether oxygens (including phenoxy) is 1. The standard InChI is InChI=1S/C15H32N2O2/c1-9-12(4)13(5)14(18)19-15(6,7)16-10-17(8)11(2)3/h11-13,16H,9-10H2,1-8H3. The van der Waals surface area contributed by atoms with Crippen molar-refractivity contribution in [3.8, 4) is 0 Å². The van der Waals surface area contributed by atoms with Crippen molar-refractivity contribution in [1.82, 2.24) is 10.2 Å². The fourth-order valence-electron chi connectivity index (χ4n) is 1.46. The second-order valence-corrected chi connectivity index (χ2v) is 6.29. The average molecular weight is 272 g/mol. The minimum absolute atomic E-state index is 0.0612. The monoisotopic (exact) mass is 272 g/mol. The van der Waals surface area contributed by atoms with Crippen molar-refractivity contribution in [3.63, 3.8) is 0 Å². The van der Waals surface area contributed by atoms with Crippen LogP contribution in [-0.2, 0) is 9.53 Å². The number of hydrogen-bond donors (Lipinski definition) is 1. The number of carbonyl (C=O) groups excluding carboxylic acids is 1. The Balaban J connectivity index is 4.32. The SMILES string of the molecule is CCC(C)C(C)C(=O)OC(C)(C)NCN(C)C(C)C. The van der Waals surface area contributed by atoms with Crippen molar-refractivity contribution < 1.29 is 9.53 Å². The van der Waals surface area contributed by atoms with Gasteiger partial charge in [-0.05, 0) is 40.7 Å². The van der Waals surface area contributed by atoms with Crippen molar-refractivity contribution >= 4 is 5.97 Å². The van der Waals surface area contributed by atoms with E-state index < -0.39 is 5.72 Å². The predicted molar refractivity (Wildman–Crippen MR) is 79.7 cm³/mol. The van der Waals surface area contributed by atoms with Crippen LogP contribution in [-0.4, -0.2) is 36.4 Å². The summed E-state index contributed by atoms with van der Waals surface area (Å²) in [5, 5.41) is 3.27. The van der Waals surface area contributed by atoms with Gasteiger partial charge in [0, 0.05) is 6.04 Å². The zero-order chi connectivity index (χ0) is 15.2. The van der Waals surface area contributed by atoms with E-state index in [2.05, 4.69) is 37.9 Å². The van der Waals surface area contributed by atoms with E-state index in [4.69, 9.17) is 4.74 Å². The second kappa shape index (κ2) is 7.85. The van der Waals surface area contributed by atoms with Crippen molar-refractivity contribution in [2.45, 2.75) is 66.7 Å². The van der Waals surface area contributed by atoms with Crippen molar-refractivity contribution in [1.29, 1.82) is 0 Å². The summed E-state index contributed by atoms with van der Waals surface area (Å²) in [7, 11) is 2.04. The highest BCUT2D eigenvalue weighted by atomic mass is 16.6. The van der Waals surface area contributed by atoms with Gasteiger partial charge >= 0.3 is 5.97 Å². The van der Waals surface area contributed by atoms with Crippen LogP contribution in [0, 0.1) is 11.8 Å². The zero-order valence-electron chi connectivity index (χ0n) is 13.9. The third-order valence-corrected chi connectivity index (χ3v) is 3.86. The van der Waals surface area contributed by atoms with Gasteiger partial charge in [-0.3, -0.25) is 15.0 Å². The van der Waals surface area contributed by atoms with Gasteiger partial charge in [0.25, 0.3) is 0 Å². The fourth-order valence-corrected chi connectivity index (χ4v) is 1.46. The van der Waals surface area contributed by atoms with Crippen LogP contribution in [0.25, 0.3) is 0 Å². The van der Waals surface area contributed by atoms with E-state index in [1.165, 1.54) is 0 Å². The number of carbonyl (C=O) groups is 1. The van der Waals surface area contributed by atoms with Gasteiger partial charge in [-0.2, -0.15) is 0 Å². The third kappa shape index (κ3) is 6.92. The highest BCUT2D eigenvalue weighted by molar-refractivity contribution is 5.72. The Morgan fingerprint density at radius 1 is 1.26 bits per heavy atom. The van der Waals surface area contributed by atoms with E-state index in [1.54, 1.807) is 0 Å². The summed E-state index contributed by atoms with van der Waals surface area (Å²) in [5.41, 5.74) is -0.637. The third-order valence-electron chi connectivity index (χ3n) is 3.86. The summed E-state index contributed by atoms with van der Waals surface area (Å²) < 4.78 is 5.58. The van der Waals surface area contributed by atoms with Gasteiger partial charge in [-0.25, -0.2) is 0 Å². The van der Waals surface area contributed by atoms with Crippen LogP contribution in [0.2, 0.25) is 0 Å². The molecule has 0 saturated heterocycles. The molecule has 0 aromatic rings. The van der Waals surface area contributed by atoms with E-state index in [9.17, 15) is 4.79 Å². The molecule has 0 amide bonds. The van der Waals surface area contributed by atoms with Gasteiger partial charge in [0.05, 0.1) is 12.6 Å². The Kier molecular flexibility index (Phi) is 7.60. The molecule has 0 aliphatic carbocycles. The minimum Gasteiger partial charge on any atom is -0.444 e. The summed E-state index contributed by atoms with van der Waals surface area (Å²) in [6, 6.07) is 0.457. The lowest BCUT2D eigenvalue weighted by Gasteiger charge is -2.32. The number of hydrogen-bond acceptors (Lipinski definition) is 4. The van der Waals surface area contributed by atoms with Gasteiger partial charge in [-0.1, -0.05) is 27.2 Å². The molecule has 0 aliphatic heterocycles. The summed E-state index contributed by atoms with van der Waals surface area (Å²) in [6.45, 7) is 14.8. The summed E-state index contributed by atoms with van der Waals surface area (Å²) in [6.07, 6.45) is 0.986. The summed E-state index contributed by atoms with van der Waals surface area (Å²) in [4.78, 5) is 14.2. The number of nitrogens with zero attached hydrogens (tertiary/aromatic N) is 1. The Bertz CT molecular complexity index is 277. The molecule has 0 radical (unpaired) electrons. The number of nitrogens with one attached hydrogen (secondary N) is 1. The van der Waals surface area contributed by atoms with Crippen LogP contribution < -0.4 is 5.32 Å². The van der Waals surface area contributed by atoms with Crippen molar-refractivity contribution in [3.05, 3.63) is 0 Å². The maximum atomic E-state index is 12.1. The molecule has 0 saturated carbocycles. The molecule has 1 N–H and O–H groups in total. The van der Waals surface area contributed by atoms with E-state index in [-0.39, 0.29) is 11.9 Å². The molecule has 0 bridgehead atoms. The maximum absolute atomic E-state index is 12.1. The van der Waals surface area contributed by atoms with Crippen LogP contribution >= 0.6 is 0 Å². The van der Waals surface area contributed by atoms with Crippen molar-refractivity contribution in [2.75, 3.05) is 13.7 Å². The van der Waals surface area contributed by atoms with Gasteiger partial charge in [0.1, 0.15) is 0 Å². The van der Waals surface area contributed by atoms with Crippen molar-refractivity contribution in [2.24, 2.45) is 11.8 Å². The normalized spacial score (nSPS) is 15.7. The molecule has 19 heavy (non-hydrogen) atoms. The van der Waals surface area contributed by atoms with E-state index in [0.29, 0.717) is 18.6 Å². The Morgan fingerprint density at radius 3 is 2.21 bits per heavy atom. The second-order valence-electron chi connectivity index (χ2n) is 6.29. The number of rotatable bonds is 8. The van der Waals surface area contributed by atoms with Crippen LogP contribution in [0.15, 0.2) is 0 Å². The number of esters is 1. The summed E-state index contributed by atoms with van der Waals surface area (Å²) >= 11 is 0. The quantitative estimate of drug-likeness (QED) is 0.545. The van der Waals surface area contributed by atoms with E-state index >= 15 is 0 Å². The van der Waals surface area contributed by atoms with Gasteiger partial charge < -0.3 is 4.74 Å². The first-order valence-corrected chi connectivity index (χ1v) is 7.28. The topological polar surface area (TPSA) is 41.6 Å². The lowest BCUT2D eigenvalue weighted by molar-refractivity contribution is -0.166. The first kappa shape index (κ1) is 18.4. The predicted octanol–water partition coefficient (Wildman–Crippen LogP) is 2.84. The molecule has 4 nitrogen and oxygen atoms in total. The first-order valence-electron chi connectivity index (χ1n) is 7.28. The molecule has 0 aromatic heterocycles. The van der Waals surface area contributed by atoms with Crippen LogP contribution in [0.5, 0.6) is 0 Å². The Hall–Kier alpha value is -0.610. The van der Waals surface area contributed by atoms with Gasteiger partial charge in [0.2, 0.25) is 0 Å². The molecule has 0 spiro atoms. The molecular weight excluding hydrogens is 240 g/mol. The lowest BCUT2D eigenvalue weighted by Crippen LogP contribution is -2.50. The zero-order valence-corrected chi connectivity index (χ0v) is 13.9. The highest BCUT2D eigenvalue weighted by Gasteiger charge is 2.28. The fraction of sp³-hybridized carbons (Fsp3) is 0.933. The molecule has 2 atom stereocenters. The molecule has 114 valence electrons. The average Bonchev–Trinajstić information content (AvgIpc) is 2.33. The molecule has 0 fully saturated rings. The van der Waals surface area contributed by atoms with E-state index in [1.807, 2.05) is 27.8 Å². The van der Waals surface area contributed by atoms with Crippen LogP contribution in [0.4, 0.5) is 0 Å².